The number of benzene rings is 2. The Morgan fingerprint density at radius 1 is 1.07 bits per heavy atom. The van der Waals surface area contributed by atoms with E-state index in [9.17, 15) is 4.79 Å². The summed E-state index contributed by atoms with van der Waals surface area (Å²) in [4.78, 5) is 12.6. The van der Waals surface area contributed by atoms with Crippen molar-refractivity contribution in [3.63, 3.8) is 0 Å². The molecule has 2 atom stereocenters. The molecule has 4 nitrogen and oxygen atoms in total. The van der Waals surface area contributed by atoms with Gasteiger partial charge >= 0.3 is 0 Å². The van der Waals surface area contributed by atoms with Crippen LogP contribution in [0.2, 0.25) is 0 Å². The summed E-state index contributed by atoms with van der Waals surface area (Å²) < 4.78 is 5.84. The smallest absolute Gasteiger partial charge is 0.224 e. The van der Waals surface area contributed by atoms with Crippen LogP contribution in [0.15, 0.2) is 54.6 Å². The van der Waals surface area contributed by atoms with Gasteiger partial charge in [-0.05, 0) is 48.4 Å². The van der Waals surface area contributed by atoms with Gasteiger partial charge in [-0.1, -0.05) is 55.3 Å². The number of hydrogen-bond acceptors (Lipinski definition) is 3. The zero-order valence-corrected chi connectivity index (χ0v) is 15.7. The van der Waals surface area contributed by atoms with Crippen LogP contribution >= 0.6 is 0 Å². The lowest BCUT2D eigenvalue weighted by atomic mass is 9.97. The molecule has 4 heteroatoms. The lowest BCUT2D eigenvalue weighted by molar-refractivity contribution is -0.124. The van der Waals surface area contributed by atoms with Gasteiger partial charge in [-0.25, -0.2) is 0 Å². The van der Waals surface area contributed by atoms with E-state index < -0.39 is 0 Å². The summed E-state index contributed by atoms with van der Waals surface area (Å²) in [7, 11) is 0. The third-order valence-electron chi connectivity index (χ3n) is 6.02. The van der Waals surface area contributed by atoms with Gasteiger partial charge in [0.2, 0.25) is 5.91 Å². The molecule has 2 aliphatic rings. The normalized spacial score (nSPS) is 23.0. The lowest BCUT2D eigenvalue weighted by Gasteiger charge is -2.28. The molecule has 142 valence electrons. The molecule has 1 amide bonds. The van der Waals surface area contributed by atoms with E-state index in [2.05, 4.69) is 29.6 Å². The molecule has 2 saturated carbocycles. The van der Waals surface area contributed by atoms with Crippen LogP contribution < -0.4 is 15.8 Å². The largest absolute Gasteiger partial charge is 0.489 e. The Morgan fingerprint density at radius 2 is 1.78 bits per heavy atom. The van der Waals surface area contributed by atoms with Gasteiger partial charge < -0.3 is 15.8 Å². The van der Waals surface area contributed by atoms with E-state index in [0.29, 0.717) is 19.1 Å². The number of amides is 1. The maximum Gasteiger partial charge on any atom is 0.224 e. The first-order valence-electron chi connectivity index (χ1n) is 9.98. The highest BCUT2D eigenvalue weighted by molar-refractivity contribution is 5.83. The summed E-state index contributed by atoms with van der Waals surface area (Å²) in [6, 6.07) is 18.3. The van der Waals surface area contributed by atoms with Crippen LogP contribution in [-0.4, -0.2) is 18.0 Å². The molecule has 0 spiro atoms. The monoisotopic (exact) mass is 364 g/mol. The van der Waals surface area contributed by atoms with E-state index in [0.717, 1.165) is 43.4 Å². The molecule has 0 bridgehead atoms. The van der Waals surface area contributed by atoms with Gasteiger partial charge in [0.05, 0.1) is 5.54 Å². The third kappa shape index (κ3) is 4.16. The minimum Gasteiger partial charge on any atom is -0.489 e. The highest BCUT2D eigenvalue weighted by Gasteiger charge is 2.46. The second-order valence-electron chi connectivity index (χ2n) is 7.97. The van der Waals surface area contributed by atoms with Crippen LogP contribution in [0, 0.1) is 5.92 Å². The minimum atomic E-state index is -0.153. The molecule has 4 rings (SSSR count). The number of rotatable bonds is 7. The van der Waals surface area contributed by atoms with Gasteiger partial charge in [0.15, 0.2) is 0 Å². The molecule has 2 aliphatic carbocycles. The second-order valence-corrected chi connectivity index (χ2v) is 7.97. The Hall–Kier alpha value is -2.33. The van der Waals surface area contributed by atoms with Gasteiger partial charge in [-0.2, -0.15) is 0 Å². The molecule has 0 radical (unpaired) electrons. The predicted octanol–water partition coefficient (Wildman–Crippen LogP) is 3.76. The van der Waals surface area contributed by atoms with Crippen molar-refractivity contribution < 1.29 is 9.53 Å². The van der Waals surface area contributed by atoms with E-state index in [1.807, 2.05) is 30.3 Å². The van der Waals surface area contributed by atoms with Crippen molar-refractivity contribution in [2.24, 2.45) is 11.7 Å². The van der Waals surface area contributed by atoms with Crippen molar-refractivity contribution in [2.45, 2.75) is 50.2 Å². The van der Waals surface area contributed by atoms with Crippen LogP contribution in [0.4, 0.5) is 0 Å². The van der Waals surface area contributed by atoms with E-state index in [1.165, 1.54) is 5.56 Å². The number of nitrogens with one attached hydrogen (secondary N) is 1. The van der Waals surface area contributed by atoms with Crippen LogP contribution in [0.3, 0.4) is 0 Å². The van der Waals surface area contributed by atoms with Gasteiger partial charge in [0.1, 0.15) is 12.4 Å². The number of carbonyl (C=O) groups excluding carboxylic acids is 1. The standard InChI is InChI=1S/C23H28N2O2/c24-16-23(12-4-5-13-23)25-22(26)21-14-20(21)18-8-10-19(11-9-18)27-15-17-6-2-1-3-7-17/h1-3,6-11,20-21H,4-5,12-16,24H2,(H,25,26). The summed E-state index contributed by atoms with van der Waals surface area (Å²) >= 11 is 0. The van der Waals surface area contributed by atoms with Crippen molar-refractivity contribution in [1.82, 2.24) is 5.32 Å². The van der Waals surface area contributed by atoms with Gasteiger partial charge in [0.25, 0.3) is 0 Å². The fourth-order valence-electron chi connectivity index (χ4n) is 4.19. The first-order valence-corrected chi connectivity index (χ1v) is 9.98. The van der Waals surface area contributed by atoms with Crippen LogP contribution in [0.5, 0.6) is 5.75 Å². The molecule has 2 aromatic rings. The topological polar surface area (TPSA) is 64.3 Å². The number of nitrogens with two attached hydrogens (primary N) is 1. The van der Waals surface area contributed by atoms with Crippen LogP contribution in [0.25, 0.3) is 0 Å². The zero-order chi connectivity index (χ0) is 18.7. The molecular weight excluding hydrogens is 336 g/mol. The maximum absolute atomic E-state index is 12.6. The summed E-state index contributed by atoms with van der Waals surface area (Å²) in [6.07, 6.45) is 5.28. The molecule has 2 aromatic carbocycles. The van der Waals surface area contributed by atoms with Crippen molar-refractivity contribution >= 4 is 5.91 Å². The van der Waals surface area contributed by atoms with Crippen molar-refractivity contribution in [3.05, 3.63) is 65.7 Å². The summed E-state index contributed by atoms with van der Waals surface area (Å²) in [5.74, 6) is 1.45. The molecule has 0 heterocycles. The number of carbonyl (C=O) groups is 1. The van der Waals surface area contributed by atoms with Crippen LogP contribution in [0.1, 0.15) is 49.1 Å². The fraction of sp³-hybridized carbons (Fsp3) is 0.435. The molecule has 27 heavy (non-hydrogen) atoms. The average molecular weight is 364 g/mol. The molecule has 0 saturated heterocycles. The third-order valence-corrected chi connectivity index (χ3v) is 6.02. The molecule has 0 aliphatic heterocycles. The van der Waals surface area contributed by atoms with Crippen LogP contribution in [-0.2, 0) is 11.4 Å². The zero-order valence-electron chi connectivity index (χ0n) is 15.7. The van der Waals surface area contributed by atoms with Gasteiger partial charge in [0, 0.05) is 12.5 Å². The van der Waals surface area contributed by atoms with E-state index in [-0.39, 0.29) is 17.4 Å². The van der Waals surface area contributed by atoms with E-state index >= 15 is 0 Å². The Balaban J connectivity index is 1.30. The molecule has 3 N–H and O–H groups in total. The van der Waals surface area contributed by atoms with Gasteiger partial charge in [-0.3, -0.25) is 4.79 Å². The molecular formula is C23H28N2O2. The Kier molecular flexibility index (Phi) is 5.17. The Labute approximate surface area is 161 Å². The van der Waals surface area contributed by atoms with Gasteiger partial charge in [-0.15, -0.1) is 0 Å². The first kappa shape index (κ1) is 18.1. The maximum atomic E-state index is 12.6. The second kappa shape index (κ2) is 7.73. The minimum absolute atomic E-state index is 0.0881. The van der Waals surface area contributed by atoms with Crippen molar-refractivity contribution in [2.75, 3.05) is 6.54 Å². The predicted molar refractivity (Wildman–Crippen MR) is 106 cm³/mol. The molecule has 2 fully saturated rings. The molecule has 2 unspecified atom stereocenters. The average Bonchev–Trinajstić information content (AvgIpc) is 3.39. The highest BCUT2D eigenvalue weighted by Crippen LogP contribution is 2.48. The van der Waals surface area contributed by atoms with Crippen molar-refractivity contribution in [3.8, 4) is 5.75 Å². The number of ether oxygens (including phenoxy) is 1. The number of hydrogen-bond donors (Lipinski definition) is 2. The Morgan fingerprint density at radius 3 is 2.44 bits per heavy atom. The van der Waals surface area contributed by atoms with E-state index in [4.69, 9.17) is 10.5 Å². The fourth-order valence-corrected chi connectivity index (χ4v) is 4.19. The summed E-state index contributed by atoms with van der Waals surface area (Å²) in [5, 5.41) is 3.26. The SMILES string of the molecule is NCC1(NC(=O)C2CC2c2ccc(OCc3ccccc3)cc2)CCCC1. The quantitative estimate of drug-likeness (QED) is 0.786. The highest BCUT2D eigenvalue weighted by atomic mass is 16.5. The van der Waals surface area contributed by atoms with E-state index in [1.54, 1.807) is 0 Å². The Bertz CT molecular complexity index is 767. The summed E-state index contributed by atoms with van der Waals surface area (Å²) in [6.45, 7) is 1.11. The lowest BCUT2D eigenvalue weighted by Crippen LogP contribution is -2.52. The molecule has 0 aromatic heterocycles. The first-order chi connectivity index (χ1) is 13.2. The van der Waals surface area contributed by atoms with Crippen molar-refractivity contribution in [1.29, 1.82) is 0 Å². The summed E-state index contributed by atoms with van der Waals surface area (Å²) in [5.41, 5.74) is 8.16.